The van der Waals surface area contributed by atoms with Gasteiger partial charge in [0.25, 0.3) is 0 Å². The van der Waals surface area contributed by atoms with Crippen molar-refractivity contribution in [1.29, 1.82) is 0 Å². The summed E-state index contributed by atoms with van der Waals surface area (Å²) in [6.45, 7) is 3.79. The van der Waals surface area contributed by atoms with Gasteiger partial charge in [0, 0.05) is 12.5 Å². The molecule has 0 amide bonds. The lowest BCUT2D eigenvalue weighted by Gasteiger charge is -2.34. The molecule has 2 aromatic rings. The van der Waals surface area contributed by atoms with Crippen molar-refractivity contribution in [3.8, 4) is 0 Å². The monoisotopic (exact) mass is 287 g/mol. The van der Waals surface area contributed by atoms with E-state index in [0.717, 1.165) is 36.2 Å². The standard InChI is InChI=1S/C18H19F2N/c1-12-2-5-15(20)10-17(12)16-8-9-21-11-18(16)13-3-6-14(19)7-4-13/h2-7,10,16,18,21H,8-9,11H2,1H3. The molecule has 0 aliphatic carbocycles. The van der Waals surface area contributed by atoms with E-state index >= 15 is 0 Å². The zero-order valence-electron chi connectivity index (χ0n) is 12.1. The first kappa shape index (κ1) is 14.2. The van der Waals surface area contributed by atoms with Crippen LogP contribution in [0.15, 0.2) is 42.5 Å². The molecule has 1 fully saturated rings. The third-order valence-corrected chi connectivity index (χ3v) is 4.42. The van der Waals surface area contributed by atoms with E-state index in [0.29, 0.717) is 0 Å². The quantitative estimate of drug-likeness (QED) is 0.875. The van der Waals surface area contributed by atoms with Gasteiger partial charge in [0.1, 0.15) is 11.6 Å². The van der Waals surface area contributed by atoms with Gasteiger partial charge in [0.15, 0.2) is 0 Å². The van der Waals surface area contributed by atoms with E-state index in [2.05, 4.69) is 5.32 Å². The summed E-state index contributed by atoms with van der Waals surface area (Å²) in [7, 11) is 0. The van der Waals surface area contributed by atoms with Crippen molar-refractivity contribution in [1.82, 2.24) is 5.32 Å². The smallest absolute Gasteiger partial charge is 0.123 e. The molecule has 1 N–H and O–H groups in total. The summed E-state index contributed by atoms with van der Waals surface area (Å²) >= 11 is 0. The molecule has 0 spiro atoms. The molecule has 110 valence electrons. The summed E-state index contributed by atoms with van der Waals surface area (Å²) in [6.07, 6.45) is 0.965. The van der Waals surface area contributed by atoms with Gasteiger partial charge >= 0.3 is 0 Å². The maximum Gasteiger partial charge on any atom is 0.123 e. The Kier molecular flexibility index (Phi) is 4.02. The Morgan fingerprint density at radius 3 is 2.43 bits per heavy atom. The molecule has 2 aromatic carbocycles. The third-order valence-electron chi connectivity index (χ3n) is 4.42. The summed E-state index contributed by atoms with van der Waals surface area (Å²) in [6, 6.07) is 11.7. The Balaban J connectivity index is 1.98. The molecule has 1 aliphatic heterocycles. The Bertz CT molecular complexity index is 622. The van der Waals surface area contributed by atoms with Gasteiger partial charge < -0.3 is 5.32 Å². The van der Waals surface area contributed by atoms with Crippen LogP contribution in [0.3, 0.4) is 0 Å². The molecular weight excluding hydrogens is 268 g/mol. The highest BCUT2D eigenvalue weighted by atomic mass is 19.1. The van der Waals surface area contributed by atoms with E-state index < -0.39 is 0 Å². The molecule has 1 nitrogen and oxygen atoms in total. The van der Waals surface area contributed by atoms with Gasteiger partial charge in [0.05, 0.1) is 0 Å². The fraction of sp³-hybridized carbons (Fsp3) is 0.333. The molecule has 0 radical (unpaired) electrons. The second kappa shape index (κ2) is 5.94. The molecule has 0 saturated carbocycles. The second-order valence-corrected chi connectivity index (χ2v) is 5.76. The topological polar surface area (TPSA) is 12.0 Å². The van der Waals surface area contributed by atoms with Gasteiger partial charge in [-0.25, -0.2) is 8.78 Å². The first-order valence-electron chi connectivity index (χ1n) is 7.37. The van der Waals surface area contributed by atoms with Crippen LogP contribution in [0.25, 0.3) is 0 Å². The van der Waals surface area contributed by atoms with Crippen LogP contribution in [0.1, 0.15) is 34.9 Å². The lowest BCUT2D eigenvalue weighted by atomic mass is 9.76. The number of piperidine rings is 1. The van der Waals surface area contributed by atoms with Crippen LogP contribution >= 0.6 is 0 Å². The number of rotatable bonds is 2. The van der Waals surface area contributed by atoms with Crippen molar-refractivity contribution < 1.29 is 8.78 Å². The first-order chi connectivity index (χ1) is 10.1. The first-order valence-corrected chi connectivity index (χ1v) is 7.37. The van der Waals surface area contributed by atoms with E-state index in [1.807, 2.05) is 25.1 Å². The lowest BCUT2D eigenvalue weighted by Crippen LogP contribution is -2.34. The highest BCUT2D eigenvalue weighted by molar-refractivity contribution is 5.35. The molecule has 0 bridgehead atoms. The van der Waals surface area contributed by atoms with Gasteiger partial charge in [-0.15, -0.1) is 0 Å². The van der Waals surface area contributed by atoms with Crippen LogP contribution in [0.5, 0.6) is 0 Å². The molecule has 0 aromatic heterocycles. The summed E-state index contributed by atoms with van der Waals surface area (Å²) in [5, 5.41) is 3.39. The van der Waals surface area contributed by atoms with Crippen LogP contribution in [-0.4, -0.2) is 13.1 Å². The molecule has 2 unspecified atom stereocenters. The summed E-state index contributed by atoms with van der Waals surface area (Å²) < 4.78 is 26.7. The average Bonchev–Trinajstić information content (AvgIpc) is 2.51. The minimum absolute atomic E-state index is 0.188. The van der Waals surface area contributed by atoms with Crippen LogP contribution in [0.4, 0.5) is 8.78 Å². The van der Waals surface area contributed by atoms with Crippen molar-refractivity contribution in [2.45, 2.75) is 25.2 Å². The largest absolute Gasteiger partial charge is 0.316 e. The van der Waals surface area contributed by atoms with Crippen LogP contribution in [-0.2, 0) is 0 Å². The Morgan fingerprint density at radius 1 is 0.952 bits per heavy atom. The predicted molar refractivity (Wildman–Crippen MR) is 80.5 cm³/mol. The predicted octanol–water partition coefficient (Wildman–Crippen LogP) is 4.13. The van der Waals surface area contributed by atoms with Crippen LogP contribution < -0.4 is 5.32 Å². The molecule has 3 rings (SSSR count). The minimum Gasteiger partial charge on any atom is -0.316 e. The van der Waals surface area contributed by atoms with E-state index in [1.54, 1.807) is 6.07 Å². The normalized spacial score (nSPS) is 22.2. The Hall–Kier alpha value is -1.74. The number of aryl methyl sites for hydroxylation is 1. The fourth-order valence-corrected chi connectivity index (χ4v) is 3.30. The molecule has 1 saturated heterocycles. The van der Waals surface area contributed by atoms with E-state index in [9.17, 15) is 8.78 Å². The zero-order chi connectivity index (χ0) is 14.8. The number of benzene rings is 2. The van der Waals surface area contributed by atoms with Crippen molar-refractivity contribution >= 4 is 0 Å². The Morgan fingerprint density at radius 2 is 1.67 bits per heavy atom. The maximum absolute atomic E-state index is 13.6. The molecule has 21 heavy (non-hydrogen) atoms. The highest BCUT2D eigenvalue weighted by Crippen LogP contribution is 2.38. The SMILES string of the molecule is Cc1ccc(F)cc1C1CCNCC1c1ccc(F)cc1. The zero-order valence-corrected chi connectivity index (χ0v) is 12.1. The van der Waals surface area contributed by atoms with Gasteiger partial charge in [-0.3, -0.25) is 0 Å². The fourth-order valence-electron chi connectivity index (χ4n) is 3.30. The second-order valence-electron chi connectivity index (χ2n) is 5.76. The molecule has 3 heteroatoms. The van der Waals surface area contributed by atoms with Crippen molar-refractivity contribution in [3.63, 3.8) is 0 Å². The molecule has 2 atom stereocenters. The molecule has 1 aliphatic rings. The number of hydrogen-bond acceptors (Lipinski definition) is 1. The summed E-state index contributed by atoms with van der Waals surface area (Å²) in [5.41, 5.74) is 3.30. The highest BCUT2D eigenvalue weighted by Gasteiger charge is 2.28. The van der Waals surface area contributed by atoms with Crippen molar-refractivity contribution in [3.05, 3.63) is 70.8 Å². The van der Waals surface area contributed by atoms with Crippen LogP contribution in [0, 0.1) is 18.6 Å². The maximum atomic E-state index is 13.6. The summed E-state index contributed by atoms with van der Waals surface area (Å²) in [5.74, 6) is 0.111. The summed E-state index contributed by atoms with van der Waals surface area (Å²) in [4.78, 5) is 0. The minimum atomic E-state index is -0.221. The van der Waals surface area contributed by atoms with E-state index in [1.165, 1.54) is 18.2 Å². The van der Waals surface area contributed by atoms with E-state index in [-0.39, 0.29) is 23.5 Å². The van der Waals surface area contributed by atoms with Gasteiger partial charge in [-0.2, -0.15) is 0 Å². The van der Waals surface area contributed by atoms with Crippen molar-refractivity contribution in [2.75, 3.05) is 13.1 Å². The van der Waals surface area contributed by atoms with Gasteiger partial charge in [0.2, 0.25) is 0 Å². The van der Waals surface area contributed by atoms with Crippen LogP contribution in [0.2, 0.25) is 0 Å². The lowest BCUT2D eigenvalue weighted by molar-refractivity contribution is 0.401. The van der Waals surface area contributed by atoms with Crippen molar-refractivity contribution in [2.24, 2.45) is 0 Å². The van der Waals surface area contributed by atoms with Gasteiger partial charge in [-0.05, 0) is 66.8 Å². The number of hydrogen-bond donors (Lipinski definition) is 1. The average molecular weight is 287 g/mol. The molecule has 1 heterocycles. The molecular formula is C18H19F2N. The number of halogens is 2. The van der Waals surface area contributed by atoms with E-state index in [4.69, 9.17) is 0 Å². The van der Waals surface area contributed by atoms with Gasteiger partial charge in [-0.1, -0.05) is 18.2 Å². The third kappa shape index (κ3) is 2.98. The Labute approximate surface area is 124 Å². The number of nitrogens with one attached hydrogen (secondary N) is 1.